The molecular formula is C27H36N4O4. The fourth-order valence-electron chi connectivity index (χ4n) is 6.77. The maximum absolute atomic E-state index is 13.0. The van der Waals surface area contributed by atoms with Crippen LogP contribution >= 0.6 is 0 Å². The van der Waals surface area contributed by atoms with Gasteiger partial charge in [0.2, 0.25) is 11.8 Å². The lowest BCUT2D eigenvalue weighted by Crippen LogP contribution is -2.52. The number of hydrogen-bond donors (Lipinski definition) is 3. The highest BCUT2D eigenvalue weighted by molar-refractivity contribution is 6.05. The molecule has 0 aromatic heterocycles. The zero-order valence-corrected chi connectivity index (χ0v) is 20.5. The summed E-state index contributed by atoms with van der Waals surface area (Å²) in [6.45, 7) is 2.99. The zero-order chi connectivity index (χ0) is 24.5. The third-order valence-electron chi connectivity index (χ3n) is 8.73. The molecule has 0 radical (unpaired) electrons. The first kappa shape index (κ1) is 23.8. The second-order valence-electron chi connectivity index (χ2n) is 10.8. The van der Waals surface area contributed by atoms with Crippen LogP contribution in [0.4, 0.5) is 4.79 Å². The molecule has 188 valence electrons. The van der Waals surface area contributed by atoms with Crippen molar-refractivity contribution in [1.82, 2.24) is 20.9 Å². The Morgan fingerprint density at radius 3 is 2.69 bits per heavy atom. The summed E-state index contributed by atoms with van der Waals surface area (Å²) in [7, 11) is 0. The van der Waals surface area contributed by atoms with Gasteiger partial charge >= 0.3 is 6.03 Å². The molecular weight excluding hydrogens is 444 g/mol. The van der Waals surface area contributed by atoms with E-state index in [1.165, 1.54) is 38.5 Å². The number of hydrogen-bond acceptors (Lipinski definition) is 4. The Balaban J connectivity index is 1.17. The molecule has 8 nitrogen and oxygen atoms in total. The summed E-state index contributed by atoms with van der Waals surface area (Å²) >= 11 is 0. The molecule has 5 unspecified atom stereocenters. The van der Waals surface area contributed by atoms with Crippen LogP contribution in [-0.4, -0.2) is 40.7 Å². The lowest BCUT2D eigenvalue weighted by atomic mass is 9.71. The van der Waals surface area contributed by atoms with Gasteiger partial charge in [-0.05, 0) is 54.2 Å². The summed E-state index contributed by atoms with van der Waals surface area (Å²) in [6.07, 6.45) is 9.36. The molecule has 4 aliphatic rings. The third kappa shape index (κ3) is 4.93. The van der Waals surface area contributed by atoms with Crippen LogP contribution in [0, 0.1) is 17.8 Å². The average molecular weight is 481 g/mol. The van der Waals surface area contributed by atoms with Crippen LogP contribution in [0.3, 0.4) is 0 Å². The van der Waals surface area contributed by atoms with E-state index in [1.807, 2.05) is 18.2 Å². The highest BCUT2D eigenvalue weighted by Crippen LogP contribution is 2.42. The minimum Gasteiger partial charge on any atom is -0.335 e. The van der Waals surface area contributed by atoms with Gasteiger partial charge in [0.25, 0.3) is 5.91 Å². The van der Waals surface area contributed by atoms with Crippen LogP contribution < -0.4 is 16.0 Å². The summed E-state index contributed by atoms with van der Waals surface area (Å²) in [6, 6.07) is 5.04. The average Bonchev–Trinajstić information content (AvgIpc) is 3.08. The van der Waals surface area contributed by atoms with E-state index in [1.54, 1.807) is 4.90 Å². The van der Waals surface area contributed by atoms with Crippen LogP contribution in [0.25, 0.3) is 0 Å². The smallest absolute Gasteiger partial charge is 0.315 e. The van der Waals surface area contributed by atoms with Crippen LogP contribution in [-0.2, 0) is 22.7 Å². The Hall–Kier alpha value is -2.90. The summed E-state index contributed by atoms with van der Waals surface area (Å²) < 4.78 is 0. The number of urea groups is 1. The standard InChI is InChI=1S/C27H36N4O4/c1-16-20-7-3-2-5-18(20)6-4-8-22(16)29-27(35)28-14-17-9-10-19-15-31(26(34)21(19)13-17)23-11-12-24(32)30-25(23)33/h9-10,13,16,18,20,22-23H,2-8,11-12,14-15H2,1H3,(H2,28,29,35)(H,30,32,33). The topological polar surface area (TPSA) is 108 Å². The number of carbonyl (C=O) groups excluding carboxylic acids is 4. The van der Waals surface area contributed by atoms with Gasteiger partial charge in [-0.25, -0.2) is 4.79 Å². The molecule has 1 aromatic carbocycles. The van der Waals surface area contributed by atoms with Crippen molar-refractivity contribution in [2.75, 3.05) is 0 Å². The Morgan fingerprint density at radius 1 is 1.06 bits per heavy atom. The molecule has 0 bridgehead atoms. The zero-order valence-electron chi connectivity index (χ0n) is 20.5. The molecule has 3 N–H and O–H groups in total. The van der Waals surface area contributed by atoms with E-state index < -0.39 is 11.9 Å². The van der Waals surface area contributed by atoms with Crippen LogP contribution in [0.1, 0.15) is 86.2 Å². The first-order valence-electron chi connectivity index (χ1n) is 13.2. The molecule has 1 saturated heterocycles. The number of rotatable bonds is 4. The van der Waals surface area contributed by atoms with Crippen LogP contribution in [0.15, 0.2) is 18.2 Å². The highest BCUT2D eigenvalue weighted by Gasteiger charge is 2.39. The van der Waals surface area contributed by atoms with Crippen molar-refractivity contribution in [3.05, 3.63) is 34.9 Å². The molecule has 2 saturated carbocycles. The van der Waals surface area contributed by atoms with Gasteiger partial charge in [-0.1, -0.05) is 51.2 Å². The molecule has 5 atom stereocenters. The Kier molecular flexibility index (Phi) is 6.80. The fourth-order valence-corrected chi connectivity index (χ4v) is 6.77. The molecule has 8 heteroatoms. The summed E-state index contributed by atoms with van der Waals surface area (Å²) in [5.74, 6) is 1.12. The molecule has 5 rings (SSSR count). The van der Waals surface area contributed by atoms with E-state index in [4.69, 9.17) is 0 Å². The molecule has 0 spiro atoms. The van der Waals surface area contributed by atoms with E-state index in [0.717, 1.165) is 23.5 Å². The van der Waals surface area contributed by atoms with Gasteiger partial charge in [-0.3, -0.25) is 19.7 Å². The Morgan fingerprint density at radius 2 is 1.86 bits per heavy atom. The van der Waals surface area contributed by atoms with E-state index in [9.17, 15) is 19.2 Å². The molecule has 35 heavy (non-hydrogen) atoms. The number of nitrogens with zero attached hydrogens (tertiary/aromatic N) is 1. The minimum absolute atomic E-state index is 0.159. The van der Waals surface area contributed by atoms with Crippen molar-refractivity contribution in [3.63, 3.8) is 0 Å². The predicted octanol–water partition coefficient (Wildman–Crippen LogP) is 3.24. The van der Waals surface area contributed by atoms with Gasteiger partial charge in [0.05, 0.1) is 0 Å². The number of amides is 5. The van der Waals surface area contributed by atoms with Crippen molar-refractivity contribution >= 4 is 23.8 Å². The third-order valence-corrected chi connectivity index (χ3v) is 8.73. The molecule has 2 aliphatic heterocycles. The van der Waals surface area contributed by atoms with Gasteiger partial charge in [0, 0.05) is 31.1 Å². The summed E-state index contributed by atoms with van der Waals surface area (Å²) in [4.78, 5) is 51.0. The first-order valence-corrected chi connectivity index (χ1v) is 13.2. The lowest BCUT2D eigenvalue weighted by molar-refractivity contribution is -0.136. The lowest BCUT2D eigenvalue weighted by Gasteiger charge is -2.36. The maximum atomic E-state index is 13.0. The number of carbonyl (C=O) groups is 4. The second-order valence-corrected chi connectivity index (χ2v) is 10.8. The van der Waals surface area contributed by atoms with Crippen molar-refractivity contribution in [3.8, 4) is 0 Å². The Bertz CT molecular complexity index is 1020. The van der Waals surface area contributed by atoms with E-state index in [2.05, 4.69) is 22.9 Å². The quantitative estimate of drug-likeness (QED) is 0.575. The maximum Gasteiger partial charge on any atom is 0.315 e. The van der Waals surface area contributed by atoms with E-state index in [0.29, 0.717) is 36.9 Å². The normalized spacial score (nSPS) is 30.7. The summed E-state index contributed by atoms with van der Waals surface area (Å²) in [5.41, 5.74) is 2.27. The van der Waals surface area contributed by atoms with Gasteiger partial charge in [-0.15, -0.1) is 0 Å². The van der Waals surface area contributed by atoms with Crippen molar-refractivity contribution in [1.29, 1.82) is 0 Å². The van der Waals surface area contributed by atoms with E-state index in [-0.39, 0.29) is 30.3 Å². The number of nitrogens with one attached hydrogen (secondary N) is 3. The van der Waals surface area contributed by atoms with Crippen LogP contribution in [0.2, 0.25) is 0 Å². The monoisotopic (exact) mass is 480 g/mol. The van der Waals surface area contributed by atoms with Gasteiger partial charge < -0.3 is 15.5 Å². The predicted molar refractivity (Wildman–Crippen MR) is 130 cm³/mol. The molecule has 1 aromatic rings. The number of benzene rings is 1. The van der Waals surface area contributed by atoms with Crippen molar-refractivity contribution in [2.45, 2.75) is 89.9 Å². The fraction of sp³-hybridized carbons (Fsp3) is 0.630. The highest BCUT2D eigenvalue weighted by atomic mass is 16.2. The largest absolute Gasteiger partial charge is 0.335 e. The number of imide groups is 1. The van der Waals surface area contributed by atoms with Crippen molar-refractivity contribution in [2.24, 2.45) is 17.8 Å². The van der Waals surface area contributed by atoms with Crippen LogP contribution in [0.5, 0.6) is 0 Å². The van der Waals surface area contributed by atoms with Gasteiger partial charge in [-0.2, -0.15) is 0 Å². The summed E-state index contributed by atoms with van der Waals surface area (Å²) in [5, 5.41) is 8.54. The molecule has 2 heterocycles. The first-order chi connectivity index (χ1) is 16.9. The van der Waals surface area contributed by atoms with Crippen molar-refractivity contribution < 1.29 is 19.2 Å². The second kappa shape index (κ2) is 9.99. The molecule has 2 aliphatic carbocycles. The molecule has 5 amide bonds. The van der Waals surface area contributed by atoms with Gasteiger partial charge in [0.1, 0.15) is 6.04 Å². The SMILES string of the molecule is CC1C(NC(=O)NCc2ccc3c(c2)C(=O)N(C2CCC(=O)NC2=O)C3)CCCC2CCCCC21. The number of fused-ring (bicyclic) bond motifs is 2. The molecule has 3 fully saturated rings. The van der Waals surface area contributed by atoms with Gasteiger partial charge in [0.15, 0.2) is 0 Å². The number of piperidine rings is 1. The van der Waals surface area contributed by atoms with E-state index >= 15 is 0 Å². The minimum atomic E-state index is -0.620. The Labute approximate surface area is 206 Å².